The van der Waals surface area contributed by atoms with Crippen molar-refractivity contribution < 1.29 is 23.4 Å². The standard InChI is InChI=1S/C16H23F2N3O3/c1-9-7-11-12(10(2)24-9)20-21-13(11)14(22)19-8-15(23)3-5-16(17,18)6-4-15/h9-10,23H,3-8H2,1-2H3,(H,19,22)(H,20,21)/t9-,10+/m1/s1. The Balaban J connectivity index is 1.64. The summed E-state index contributed by atoms with van der Waals surface area (Å²) in [5.74, 6) is -3.12. The van der Waals surface area contributed by atoms with Crippen LogP contribution in [0, 0.1) is 0 Å². The fraction of sp³-hybridized carbons (Fsp3) is 0.750. The van der Waals surface area contributed by atoms with E-state index in [2.05, 4.69) is 15.5 Å². The maximum Gasteiger partial charge on any atom is 0.272 e. The van der Waals surface area contributed by atoms with Crippen LogP contribution < -0.4 is 5.32 Å². The van der Waals surface area contributed by atoms with Crippen LogP contribution in [0.4, 0.5) is 8.78 Å². The smallest absolute Gasteiger partial charge is 0.272 e. The molecular weight excluding hydrogens is 320 g/mol. The Hall–Kier alpha value is -1.54. The van der Waals surface area contributed by atoms with Gasteiger partial charge in [0, 0.05) is 31.4 Å². The number of hydrogen-bond acceptors (Lipinski definition) is 4. The van der Waals surface area contributed by atoms with Crippen molar-refractivity contribution in [2.24, 2.45) is 0 Å². The van der Waals surface area contributed by atoms with E-state index in [1.807, 2.05) is 13.8 Å². The summed E-state index contributed by atoms with van der Waals surface area (Å²) in [6.45, 7) is 3.77. The number of H-pyrrole nitrogens is 1. The van der Waals surface area contributed by atoms with Crippen LogP contribution in [0.25, 0.3) is 0 Å². The molecule has 2 atom stereocenters. The van der Waals surface area contributed by atoms with Gasteiger partial charge in [0.2, 0.25) is 5.92 Å². The number of aromatic nitrogens is 2. The number of nitrogens with one attached hydrogen (secondary N) is 2. The number of carbonyl (C=O) groups excluding carboxylic acids is 1. The van der Waals surface area contributed by atoms with Gasteiger partial charge in [-0.3, -0.25) is 9.89 Å². The number of alkyl halides is 2. The van der Waals surface area contributed by atoms with Gasteiger partial charge in [0.25, 0.3) is 5.91 Å². The van der Waals surface area contributed by atoms with E-state index in [-0.39, 0.29) is 50.1 Å². The molecule has 3 rings (SSSR count). The van der Waals surface area contributed by atoms with Crippen molar-refractivity contribution in [1.82, 2.24) is 15.5 Å². The topological polar surface area (TPSA) is 87.2 Å². The third kappa shape index (κ3) is 3.44. The second-order valence-electron chi connectivity index (χ2n) is 7.02. The van der Waals surface area contributed by atoms with Crippen molar-refractivity contribution in [3.05, 3.63) is 17.0 Å². The lowest BCUT2D eigenvalue weighted by molar-refractivity contribution is -0.101. The summed E-state index contributed by atoms with van der Waals surface area (Å²) in [5, 5.41) is 19.9. The maximum absolute atomic E-state index is 13.2. The third-order valence-corrected chi connectivity index (χ3v) is 4.94. The molecule has 0 unspecified atom stereocenters. The minimum atomic E-state index is -2.72. The maximum atomic E-state index is 13.2. The number of fused-ring (bicyclic) bond motifs is 1. The first kappa shape index (κ1) is 17.3. The Morgan fingerprint density at radius 1 is 1.38 bits per heavy atom. The highest BCUT2D eigenvalue weighted by Crippen LogP contribution is 2.38. The number of rotatable bonds is 3. The van der Waals surface area contributed by atoms with Gasteiger partial charge < -0.3 is 15.2 Å². The third-order valence-electron chi connectivity index (χ3n) is 4.94. The van der Waals surface area contributed by atoms with Crippen molar-refractivity contribution >= 4 is 5.91 Å². The summed E-state index contributed by atoms with van der Waals surface area (Å²) < 4.78 is 32.1. The highest BCUT2D eigenvalue weighted by atomic mass is 19.3. The van der Waals surface area contributed by atoms with Gasteiger partial charge in [-0.05, 0) is 26.7 Å². The second-order valence-corrected chi connectivity index (χ2v) is 7.02. The van der Waals surface area contributed by atoms with Gasteiger partial charge in [0.15, 0.2) is 5.69 Å². The molecule has 1 aliphatic carbocycles. The van der Waals surface area contributed by atoms with Gasteiger partial charge in [-0.15, -0.1) is 0 Å². The zero-order valence-electron chi connectivity index (χ0n) is 13.9. The Kier molecular flexibility index (Phi) is 4.37. The predicted octanol–water partition coefficient (Wildman–Crippen LogP) is 2.10. The van der Waals surface area contributed by atoms with Crippen LogP contribution in [-0.4, -0.2) is 45.4 Å². The minimum absolute atomic E-state index is 0.0126. The van der Waals surface area contributed by atoms with Crippen LogP contribution in [0.15, 0.2) is 0 Å². The van der Waals surface area contributed by atoms with Gasteiger partial charge >= 0.3 is 0 Å². The number of nitrogens with zero attached hydrogens (tertiary/aromatic N) is 1. The molecular formula is C16H23F2N3O3. The molecule has 24 heavy (non-hydrogen) atoms. The molecule has 0 radical (unpaired) electrons. The summed E-state index contributed by atoms with van der Waals surface area (Å²) in [5.41, 5.74) is 0.615. The fourth-order valence-corrected chi connectivity index (χ4v) is 3.45. The molecule has 1 aromatic rings. The highest BCUT2D eigenvalue weighted by Gasteiger charge is 2.42. The van der Waals surface area contributed by atoms with Gasteiger partial charge in [-0.25, -0.2) is 8.78 Å². The summed E-state index contributed by atoms with van der Waals surface area (Å²) in [4.78, 5) is 12.4. The summed E-state index contributed by atoms with van der Waals surface area (Å²) >= 11 is 0. The molecule has 134 valence electrons. The number of hydrogen-bond donors (Lipinski definition) is 3. The van der Waals surface area contributed by atoms with E-state index in [1.165, 1.54) is 0 Å². The molecule has 1 amide bonds. The highest BCUT2D eigenvalue weighted by molar-refractivity contribution is 5.94. The van der Waals surface area contributed by atoms with Gasteiger partial charge in [-0.1, -0.05) is 0 Å². The number of halogens is 2. The largest absolute Gasteiger partial charge is 0.388 e. The molecule has 2 aliphatic rings. The van der Waals surface area contributed by atoms with E-state index in [1.54, 1.807) is 0 Å². The van der Waals surface area contributed by atoms with Crippen LogP contribution >= 0.6 is 0 Å². The Bertz CT molecular complexity index is 622. The Morgan fingerprint density at radius 3 is 2.71 bits per heavy atom. The molecule has 0 saturated heterocycles. The van der Waals surface area contributed by atoms with Gasteiger partial charge in [-0.2, -0.15) is 5.10 Å². The van der Waals surface area contributed by atoms with Crippen LogP contribution in [0.5, 0.6) is 0 Å². The van der Waals surface area contributed by atoms with Crippen molar-refractivity contribution in [2.75, 3.05) is 6.54 Å². The monoisotopic (exact) mass is 343 g/mol. The van der Waals surface area contributed by atoms with E-state index in [9.17, 15) is 18.7 Å². The number of aromatic amines is 1. The lowest BCUT2D eigenvalue weighted by Gasteiger charge is -2.35. The van der Waals surface area contributed by atoms with Crippen LogP contribution in [0.1, 0.15) is 67.4 Å². The number of amides is 1. The van der Waals surface area contributed by atoms with E-state index in [0.29, 0.717) is 6.42 Å². The molecule has 1 saturated carbocycles. The summed E-state index contributed by atoms with van der Waals surface area (Å²) in [6.07, 6.45) is -0.367. The number of ether oxygens (including phenoxy) is 1. The first-order valence-electron chi connectivity index (χ1n) is 8.30. The van der Waals surface area contributed by atoms with Gasteiger partial charge in [0.05, 0.1) is 23.5 Å². The van der Waals surface area contributed by atoms with E-state index in [4.69, 9.17) is 4.74 Å². The first-order chi connectivity index (χ1) is 11.2. The zero-order chi connectivity index (χ0) is 17.5. The lowest BCUT2D eigenvalue weighted by Crippen LogP contribution is -2.47. The van der Waals surface area contributed by atoms with E-state index < -0.39 is 17.4 Å². The zero-order valence-corrected chi connectivity index (χ0v) is 13.9. The molecule has 0 bridgehead atoms. The Labute approximate surface area is 139 Å². The van der Waals surface area contributed by atoms with Crippen molar-refractivity contribution in [2.45, 2.75) is 69.7 Å². The molecule has 6 nitrogen and oxygen atoms in total. The summed E-state index contributed by atoms with van der Waals surface area (Å²) in [6, 6.07) is 0. The average Bonchev–Trinajstić information content (AvgIpc) is 2.93. The quantitative estimate of drug-likeness (QED) is 0.784. The second kappa shape index (κ2) is 6.07. The molecule has 1 fully saturated rings. The van der Waals surface area contributed by atoms with Crippen LogP contribution in [0.2, 0.25) is 0 Å². The van der Waals surface area contributed by atoms with Crippen molar-refractivity contribution in [1.29, 1.82) is 0 Å². The minimum Gasteiger partial charge on any atom is -0.388 e. The van der Waals surface area contributed by atoms with Crippen molar-refractivity contribution in [3.8, 4) is 0 Å². The lowest BCUT2D eigenvalue weighted by atomic mass is 9.82. The number of aliphatic hydroxyl groups is 1. The molecule has 2 heterocycles. The van der Waals surface area contributed by atoms with Gasteiger partial charge in [0.1, 0.15) is 0 Å². The summed E-state index contributed by atoms with van der Waals surface area (Å²) in [7, 11) is 0. The fourth-order valence-electron chi connectivity index (χ4n) is 3.45. The average molecular weight is 343 g/mol. The SMILES string of the molecule is C[C@@H]1Cc2c(C(=O)NCC3(O)CCC(F)(F)CC3)n[nH]c2[C@H](C)O1. The molecule has 0 spiro atoms. The van der Waals surface area contributed by atoms with E-state index >= 15 is 0 Å². The van der Waals surface area contributed by atoms with E-state index in [0.717, 1.165) is 11.3 Å². The number of carbonyl (C=O) groups is 1. The van der Waals surface area contributed by atoms with Crippen LogP contribution in [0.3, 0.4) is 0 Å². The Morgan fingerprint density at radius 2 is 2.04 bits per heavy atom. The normalized spacial score (nSPS) is 28.2. The molecule has 1 aliphatic heterocycles. The molecule has 0 aromatic carbocycles. The molecule has 1 aromatic heterocycles. The van der Waals surface area contributed by atoms with Crippen LogP contribution in [-0.2, 0) is 11.2 Å². The first-order valence-corrected chi connectivity index (χ1v) is 8.30. The van der Waals surface area contributed by atoms with Crippen molar-refractivity contribution in [3.63, 3.8) is 0 Å². The predicted molar refractivity (Wildman–Crippen MR) is 82.0 cm³/mol. The molecule has 3 N–H and O–H groups in total. The molecule has 8 heteroatoms.